The number of nitrogens with zero attached hydrogens (tertiary/aromatic N) is 1. The summed E-state index contributed by atoms with van der Waals surface area (Å²) in [6, 6.07) is 11.1. The molecule has 1 aliphatic rings. The van der Waals surface area contributed by atoms with Gasteiger partial charge in [0.05, 0.1) is 5.52 Å². The maximum Gasteiger partial charge on any atom is 0.0722 e. The van der Waals surface area contributed by atoms with Crippen LogP contribution in [0.2, 0.25) is 0 Å². The summed E-state index contributed by atoms with van der Waals surface area (Å²) in [7, 11) is 0. The maximum absolute atomic E-state index is 4.41. The average Bonchev–Trinajstić information content (AvgIpc) is 2.87. The predicted octanol–water partition coefficient (Wildman–Crippen LogP) is 4.23. The summed E-state index contributed by atoms with van der Waals surface area (Å²) in [4.78, 5) is 4.41. The smallest absolute Gasteiger partial charge is 0.0722 e. The van der Waals surface area contributed by atoms with Crippen molar-refractivity contribution in [3.63, 3.8) is 0 Å². The van der Waals surface area contributed by atoms with Crippen molar-refractivity contribution < 1.29 is 0 Å². The largest absolute Gasteiger partial charge is 0.382 e. The third-order valence-electron chi connectivity index (χ3n) is 4.12. The van der Waals surface area contributed by atoms with Gasteiger partial charge in [0.15, 0.2) is 0 Å². The van der Waals surface area contributed by atoms with Crippen molar-refractivity contribution in [3.05, 3.63) is 36.5 Å². The molecular formula is C16H20N2. The Bertz CT molecular complexity index is 530. The number of benzene rings is 1. The number of hydrogen-bond acceptors (Lipinski definition) is 2. The van der Waals surface area contributed by atoms with Gasteiger partial charge in [-0.2, -0.15) is 0 Å². The van der Waals surface area contributed by atoms with Gasteiger partial charge >= 0.3 is 0 Å². The summed E-state index contributed by atoms with van der Waals surface area (Å²) in [6.07, 6.45) is 7.16. The first-order valence-corrected chi connectivity index (χ1v) is 6.97. The van der Waals surface area contributed by atoms with Crippen LogP contribution in [0.5, 0.6) is 0 Å². The SMILES string of the molecule is CCC1CCC(Nc2cccc3ncccc23)C1. The van der Waals surface area contributed by atoms with E-state index in [4.69, 9.17) is 0 Å². The van der Waals surface area contributed by atoms with Crippen molar-refractivity contribution in [3.8, 4) is 0 Å². The molecule has 0 aliphatic heterocycles. The van der Waals surface area contributed by atoms with E-state index in [1.54, 1.807) is 0 Å². The van der Waals surface area contributed by atoms with Gasteiger partial charge in [0.1, 0.15) is 0 Å². The van der Waals surface area contributed by atoms with Crippen LogP contribution in [0.25, 0.3) is 10.9 Å². The van der Waals surface area contributed by atoms with Gasteiger partial charge in [0, 0.05) is 23.3 Å². The molecule has 1 saturated carbocycles. The van der Waals surface area contributed by atoms with Gasteiger partial charge in [0.2, 0.25) is 0 Å². The van der Waals surface area contributed by atoms with Crippen molar-refractivity contribution >= 4 is 16.6 Å². The van der Waals surface area contributed by atoms with Crippen molar-refractivity contribution in [2.75, 3.05) is 5.32 Å². The average molecular weight is 240 g/mol. The van der Waals surface area contributed by atoms with Crippen molar-refractivity contribution in [2.24, 2.45) is 5.92 Å². The zero-order valence-corrected chi connectivity index (χ0v) is 10.9. The fourth-order valence-electron chi connectivity index (χ4n) is 3.03. The lowest BCUT2D eigenvalue weighted by Crippen LogP contribution is -2.15. The van der Waals surface area contributed by atoms with E-state index < -0.39 is 0 Å². The Hall–Kier alpha value is -1.57. The number of rotatable bonds is 3. The molecule has 1 aromatic carbocycles. The number of anilines is 1. The first-order valence-electron chi connectivity index (χ1n) is 6.97. The number of fused-ring (bicyclic) bond motifs is 1. The maximum atomic E-state index is 4.41. The molecular weight excluding hydrogens is 220 g/mol. The molecule has 0 bridgehead atoms. The molecule has 0 spiro atoms. The van der Waals surface area contributed by atoms with E-state index in [-0.39, 0.29) is 0 Å². The number of nitrogens with one attached hydrogen (secondary N) is 1. The third kappa shape index (κ3) is 2.20. The Labute approximate surface area is 108 Å². The molecule has 1 aliphatic carbocycles. The van der Waals surface area contributed by atoms with Crippen LogP contribution in [-0.4, -0.2) is 11.0 Å². The standard InChI is InChI=1S/C16H20N2/c1-2-12-8-9-13(11-12)18-16-7-3-6-15-14(16)5-4-10-17-15/h3-7,10,12-13,18H,2,8-9,11H2,1H3. The summed E-state index contributed by atoms with van der Waals surface area (Å²) >= 11 is 0. The van der Waals surface area contributed by atoms with Crippen molar-refractivity contribution in [2.45, 2.75) is 38.6 Å². The molecule has 2 nitrogen and oxygen atoms in total. The zero-order chi connectivity index (χ0) is 12.4. The van der Waals surface area contributed by atoms with E-state index in [2.05, 4.69) is 41.5 Å². The van der Waals surface area contributed by atoms with Gasteiger partial charge < -0.3 is 5.32 Å². The second kappa shape index (κ2) is 4.97. The molecule has 0 amide bonds. The highest BCUT2D eigenvalue weighted by molar-refractivity contribution is 5.91. The van der Waals surface area contributed by atoms with Crippen LogP contribution in [-0.2, 0) is 0 Å². The Balaban J connectivity index is 1.83. The fourth-order valence-corrected chi connectivity index (χ4v) is 3.03. The van der Waals surface area contributed by atoms with E-state index in [9.17, 15) is 0 Å². The van der Waals surface area contributed by atoms with Gasteiger partial charge in [-0.05, 0) is 49.4 Å². The van der Waals surface area contributed by atoms with Crippen molar-refractivity contribution in [1.29, 1.82) is 0 Å². The Kier molecular flexibility index (Phi) is 3.18. The van der Waals surface area contributed by atoms with Crippen LogP contribution in [0.4, 0.5) is 5.69 Å². The van der Waals surface area contributed by atoms with Crippen LogP contribution in [0.15, 0.2) is 36.5 Å². The van der Waals surface area contributed by atoms with E-state index in [0.29, 0.717) is 6.04 Å². The zero-order valence-electron chi connectivity index (χ0n) is 10.9. The molecule has 1 aromatic heterocycles. The summed E-state index contributed by atoms with van der Waals surface area (Å²) in [5.74, 6) is 0.913. The molecule has 2 heteroatoms. The number of pyridine rings is 1. The fraction of sp³-hybridized carbons (Fsp3) is 0.438. The normalized spacial score (nSPS) is 23.4. The molecule has 0 saturated heterocycles. The monoisotopic (exact) mass is 240 g/mol. The molecule has 1 fully saturated rings. The minimum Gasteiger partial charge on any atom is -0.382 e. The summed E-state index contributed by atoms with van der Waals surface area (Å²) in [5, 5.41) is 4.94. The molecule has 94 valence electrons. The van der Waals surface area contributed by atoms with Crippen LogP contribution in [0, 0.1) is 5.92 Å². The first kappa shape index (κ1) is 11.5. The molecule has 1 heterocycles. The van der Waals surface area contributed by atoms with E-state index >= 15 is 0 Å². The predicted molar refractivity (Wildman–Crippen MR) is 76.8 cm³/mol. The lowest BCUT2D eigenvalue weighted by atomic mass is 10.1. The molecule has 2 aromatic rings. The Morgan fingerprint density at radius 3 is 3.00 bits per heavy atom. The second-order valence-electron chi connectivity index (χ2n) is 5.30. The van der Waals surface area contributed by atoms with E-state index in [0.717, 1.165) is 11.4 Å². The first-order chi connectivity index (χ1) is 8.86. The molecule has 2 unspecified atom stereocenters. The number of aromatic nitrogens is 1. The lowest BCUT2D eigenvalue weighted by molar-refractivity contribution is 0.525. The molecule has 1 N–H and O–H groups in total. The van der Waals surface area contributed by atoms with Crippen molar-refractivity contribution in [1.82, 2.24) is 4.98 Å². The minimum atomic E-state index is 0.640. The highest BCUT2D eigenvalue weighted by Crippen LogP contribution is 2.31. The highest BCUT2D eigenvalue weighted by Gasteiger charge is 2.23. The summed E-state index contributed by atoms with van der Waals surface area (Å²) in [6.45, 7) is 2.30. The topological polar surface area (TPSA) is 24.9 Å². The van der Waals surface area contributed by atoms with E-state index in [1.807, 2.05) is 12.3 Å². The van der Waals surface area contributed by atoms with E-state index in [1.165, 1.54) is 36.8 Å². The van der Waals surface area contributed by atoms with Gasteiger partial charge in [-0.3, -0.25) is 4.98 Å². The molecule has 2 atom stereocenters. The highest BCUT2D eigenvalue weighted by atomic mass is 14.9. The second-order valence-corrected chi connectivity index (χ2v) is 5.30. The van der Waals surface area contributed by atoms with Crippen LogP contribution < -0.4 is 5.32 Å². The molecule has 18 heavy (non-hydrogen) atoms. The molecule has 0 radical (unpaired) electrons. The Morgan fingerprint density at radius 1 is 1.22 bits per heavy atom. The quantitative estimate of drug-likeness (QED) is 0.868. The van der Waals surface area contributed by atoms with Crippen LogP contribution >= 0.6 is 0 Å². The van der Waals surface area contributed by atoms with Gasteiger partial charge in [-0.1, -0.05) is 19.4 Å². The Morgan fingerprint density at radius 2 is 2.17 bits per heavy atom. The lowest BCUT2D eigenvalue weighted by Gasteiger charge is -2.16. The van der Waals surface area contributed by atoms with Gasteiger partial charge in [0.25, 0.3) is 0 Å². The van der Waals surface area contributed by atoms with Crippen LogP contribution in [0.1, 0.15) is 32.6 Å². The minimum absolute atomic E-state index is 0.640. The van der Waals surface area contributed by atoms with Gasteiger partial charge in [-0.15, -0.1) is 0 Å². The molecule has 3 rings (SSSR count). The van der Waals surface area contributed by atoms with Crippen LogP contribution in [0.3, 0.4) is 0 Å². The summed E-state index contributed by atoms with van der Waals surface area (Å²) in [5.41, 5.74) is 2.31. The summed E-state index contributed by atoms with van der Waals surface area (Å²) < 4.78 is 0. The number of hydrogen-bond donors (Lipinski definition) is 1. The van der Waals surface area contributed by atoms with Gasteiger partial charge in [-0.25, -0.2) is 0 Å². The third-order valence-corrected chi connectivity index (χ3v) is 4.12.